The number of quaternary nitrogens is 1. The average Bonchev–Trinajstić information content (AvgIpc) is 3.50. The van der Waals surface area contributed by atoms with Crippen LogP contribution >= 0.6 is 0 Å². The smallest absolute Gasteiger partial charge is 0.306 e. The van der Waals surface area contributed by atoms with Crippen LogP contribution in [0.5, 0.6) is 0 Å². The molecule has 0 amide bonds. The molecular weight excluding hydrogens is 1050 g/mol. The first-order chi connectivity index (χ1) is 41.6. The average molecular weight is 1190 g/mol. The summed E-state index contributed by atoms with van der Waals surface area (Å²) in [7, 11) is 5.94. The molecule has 0 saturated heterocycles. The Hall–Kier alpha value is -3.01. The molecule has 0 aliphatic rings. The molecule has 0 aromatic heterocycles. The third-order valence-corrected chi connectivity index (χ3v) is 16.2. The molecule has 2 atom stereocenters. The van der Waals surface area contributed by atoms with Gasteiger partial charge >= 0.3 is 11.9 Å². The Bertz CT molecular complexity index is 1580. The maximum absolute atomic E-state index is 12.9. The van der Waals surface area contributed by atoms with Crippen molar-refractivity contribution in [3.63, 3.8) is 0 Å². The maximum atomic E-state index is 12.9. The van der Waals surface area contributed by atoms with Crippen molar-refractivity contribution < 1.29 is 42.9 Å². The molecule has 0 aliphatic carbocycles. The van der Waals surface area contributed by atoms with Gasteiger partial charge in [0.1, 0.15) is 13.2 Å². The topological polar surface area (TPSA) is 111 Å². The highest BCUT2D eigenvalue weighted by molar-refractivity contribution is 5.70. The van der Waals surface area contributed by atoms with Gasteiger partial charge in [-0.15, -0.1) is 0 Å². The number of carbonyl (C=O) groups is 3. The zero-order valence-corrected chi connectivity index (χ0v) is 56.7. The molecule has 0 fully saturated rings. The monoisotopic (exact) mass is 1190 g/mol. The van der Waals surface area contributed by atoms with Crippen molar-refractivity contribution in [2.24, 2.45) is 0 Å². The van der Waals surface area contributed by atoms with Crippen LogP contribution in [-0.2, 0) is 33.3 Å². The molecule has 0 bridgehead atoms. The fourth-order valence-corrected chi connectivity index (χ4v) is 10.6. The fourth-order valence-electron chi connectivity index (χ4n) is 10.6. The minimum absolute atomic E-state index is 0.148. The molecule has 0 saturated carbocycles. The lowest BCUT2D eigenvalue weighted by Gasteiger charge is -2.26. The summed E-state index contributed by atoms with van der Waals surface area (Å²) in [6.45, 7) is 4.75. The normalized spacial score (nSPS) is 13.0. The van der Waals surface area contributed by atoms with Crippen LogP contribution in [0.25, 0.3) is 0 Å². The number of allylic oxidation sites excluding steroid dienone is 10. The summed E-state index contributed by atoms with van der Waals surface area (Å²) in [6.07, 6.45) is 84.7. The van der Waals surface area contributed by atoms with Gasteiger partial charge < -0.3 is 33.3 Å². The van der Waals surface area contributed by atoms with Gasteiger partial charge in [-0.1, -0.05) is 312 Å². The Labute approximate surface area is 526 Å². The van der Waals surface area contributed by atoms with Gasteiger partial charge in [0.05, 0.1) is 40.3 Å². The van der Waals surface area contributed by atoms with Crippen molar-refractivity contribution in [3.05, 3.63) is 60.8 Å². The van der Waals surface area contributed by atoms with Crippen LogP contribution in [0, 0.1) is 0 Å². The number of esters is 2. The van der Waals surface area contributed by atoms with Crippen molar-refractivity contribution >= 4 is 17.9 Å². The first-order valence-electron chi connectivity index (χ1n) is 36.4. The van der Waals surface area contributed by atoms with E-state index in [4.69, 9.17) is 18.9 Å². The second-order valence-corrected chi connectivity index (χ2v) is 25.9. The predicted molar refractivity (Wildman–Crippen MR) is 362 cm³/mol. The molecule has 0 radical (unpaired) electrons. The summed E-state index contributed by atoms with van der Waals surface area (Å²) >= 11 is 0. The third kappa shape index (κ3) is 68.3. The summed E-state index contributed by atoms with van der Waals surface area (Å²) in [4.78, 5) is 37.4. The standard InChI is InChI=1S/C76H139NO8/c1-6-8-10-12-14-16-18-20-22-24-26-27-28-29-30-31-32-33-34-35-36-37-38-39-40-41-42-43-44-45-46-47-49-51-53-55-57-59-61-63-65-67-74(79)85-72(71-84-76(75(80)81)82-69-68-77(3,4)5)70-83-73(78)66-64-62-60-58-56-54-52-50-48-25-23-21-19-17-15-13-11-9-7-2/h15,17-18,20-21,23-24,26,28-29,72,76H,6-14,16,19,22,25,27,30-71H2,1-5H3/b17-15-,20-18-,23-21-,26-24-,29-28-. The third-order valence-electron chi connectivity index (χ3n) is 16.2. The summed E-state index contributed by atoms with van der Waals surface area (Å²) in [5.41, 5.74) is 0. The first-order valence-corrected chi connectivity index (χ1v) is 36.4. The molecule has 9 nitrogen and oxygen atoms in total. The maximum Gasteiger partial charge on any atom is 0.306 e. The molecule has 0 spiro atoms. The molecule has 0 aliphatic heterocycles. The van der Waals surface area contributed by atoms with Gasteiger partial charge in [-0.3, -0.25) is 9.59 Å². The highest BCUT2D eigenvalue weighted by atomic mass is 16.7. The molecule has 0 N–H and O–H groups in total. The second kappa shape index (κ2) is 66.9. The number of nitrogens with zero attached hydrogens (tertiary/aromatic N) is 1. The van der Waals surface area contributed by atoms with Crippen LogP contribution in [0.15, 0.2) is 60.8 Å². The lowest BCUT2D eigenvalue weighted by Crippen LogP contribution is -2.44. The van der Waals surface area contributed by atoms with Crippen molar-refractivity contribution in [2.75, 3.05) is 47.5 Å². The number of aliphatic carboxylic acids is 1. The van der Waals surface area contributed by atoms with Crippen LogP contribution in [0.1, 0.15) is 348 Å². The number of hydrogen-bond donors (Lipinski definition) is 0. The molecule has 496 valence electrons. The van der Waals surface area contributed by atoms with Crippen molar-refractivity contribution in [1.82, 2.24) is 0 Å². The zero-order valence-electron chi connectivity index (χ0n) is 56.7. The summed E-state index contributed by atoms with van der Waals surface area (Å²) in [5, 5.41) is 11.8. The molecular formula is C76H139NO8. The van der Waals surface area contributed by atoms with E-state index in [-0.39, 0.29) is 38.6 Å². The van der Waals surface area contributed by atoms with Gasteiger partial charge in [-0.05, 0) is 83.5 Å². The quantitative estimate of drug-likeness (QED) is 0.0195. The zero-order chi connectivity index (χ0) is 61.9. The van der Waals surface area contributed by atoms with Crippen LogP contribution in [-0.4, -0.2) is 82.3 Å². The number of rotatable bonds is 68. The van der Waals surface area contributed by atoms with E-state index in [1.807, 2.05) is 21.1 Å². The van der Waals surface area contributed by atoms with E-state index < -0.39 is 24.3 Å². The number of carboxylic acids is 1. The fraction of sp³-hybridized carbons (Fsp3) is 0.829. The number of carbonyl (C=O) groups excluding carboxylic acids is 3. The van der Waals surface area contributed by atoms with E-state index >= 15 is 0 Å². The van der Waals surface area contributed by atoms with Crippen molar-refractivity contribution in [2.45, 2.75) is 360 Å². The van der Waals surface area contributed by atoms with E-state index in [1.165, 1.54) is 263 Å². The Morgan fingerprint density at radius 1 is 0.353 bits per heavy atom. The van der Waals surface area contributed by atoms with E-state index in [0.717, 1.165) is 51.4 Å². The van der Waals surface area contributed by atoms with Gasteiger partial charge in [0.15, 0.2) is 12.4 Å². The number of hydrogen-bond acceptors (Lipinski definition) is 8. The second-order valence-electron chi connectivity index (χ2n) is 25.9. The number of likely N-dealkylation sites (N-methyl/N-ethyl adjacent to an activating group) is 1. The largest absolute Gasteiger partial charge is 0.545 e. The van der Waals surface area contributed by atoms with Crippen LogP contribution in [0.2, 0.25) is 0 Å². The minimum Gasteiger partial charge on any atom is -0.545 e. The molecule has 0 aromatic carbocycles. The molecule has 0 aromatic rings. The van der Waals surface area contributed by atoms with Crippen LogP contribution in [0.3, 0.4) is 0 Å². The lowest BCUT2D eigenvalue weighted by molar-refractivity contribution is -0.870. The summed E-state index contributed by atoms with van der Waals surface area (Å²) in [6, 6.07) is 0. The Morgan fingerprint density at radius 2 is 0.635 bits per heavy atom. The summed E-state index contributed by atoms with van der Waals surface area (Å²) < 4.78 is 22.8. The number of carboxylic acid groups (broad SMARTS) is 1. The van der Waals surface area contributed by atoms with Crippen molar-refractivity contribution in [1.29, 1.82) is 0 Å². The van der Waals surface area contributed by atoms with Gasteiger partial charge in [0.2, 0.25) is 0 Å². The lowest BCUT2D eigenvalue weighted by atomic mass is 10.0. The van der Waals surface area contributed by atoms with Gasteiger partial charge in [0, 0.05) is 12.8 Å². The Balaban J connectivity index is 3.95. The first kappa shape index (κ1) is 82.0. The van der Waals surface area contributed by atoms with Crippen LogP contribution in [0.4, 0.5) is 0 Å². The van der Waals surface area contributed by atoms with E-state index in [9.17, 15) is 19.5 Å². The highest BCUT2D eigenvalue weighted by Crippen LogP contribution is 2.18. The minimum atomic E-state index is -1.62. The Morgan fingerprint density at radius 3 is 0.965 bits per heavy atom. The van der Waals surface area contributed by atoms with E-state index in [2.05, 4.69) is 74.6 Å². The highest BCUT2D eigenvalue weighted by Gasteiger charge is 2.22. The molecule has 9 heteroatoms. The van der Waals surface area contributed by atoms with E-state index in [1.54, 1.807) is 0 Å². The molecule has 0 rings (SSSR count). The summed E-state index contributed by atoms with van der Waals surface area (Å²) in [5.74, 6) is -2.27. The van der Waals surface area contributed by atoms with Crippen LogP contribution < -0.4 is 5.11 Å². The van der Waals surface area contributed by atoms with Gasteiger partial charge in [-0.2, -0.15) is 0 Å². The Kier molecular flexibility index (Phi) is 64.6. The molecule has 0 heterocycles. The number of ether oxygens (including phenoxy) is 4. The number of unbranched alkanes of at least 4 members (excludes halogenated alkanes) is 43. The van der Waals surface area contributed by atoms with Gasteiger partial charge in [-0.25, -0.2) is 0 Å². The SMILES string of the molecule is CCCCC/C=C\C/C=C\CCCCCCCCCCCC(=O)OCC(COC(OCC[N+](C)(C)C)C(=O)[O-])OC(=O)CCCCCCCCCCCCCCCCCCCCCCCCCCCC/C=C\C/C=C\C/C=C\CCCCCCC. The molecule has 85 heavy (non-hydrogen) atoms. The van der Waals surface area contributed by atoms with Crippen molar-refractivity contribution in [3.8, 4) is 0 Å². The predicted octanol–water partition coefficient (Wildman–Crippen LogP) is 21.4. The molecule has 2 unspecified atom stereocenters. The van der Waals surface area contributed by atoms with Gasteiger partial charge in [0.25, 0.3) is 0 Å². The van der Waals surface area contributed by atoms with E-state index in [0.29, 0.717) is 17.4 Å².